The second kappa shape index (κ2) is 8.05. The maximum atomic E-state index is 5.99. The summed E-state index contributed by atoms with van der Waals surface area (Å²) in [4.78, 5) is 0. The molecule has 0 aliphatic heterocycles. The van der Waals surface area contributed by atoms with Gasteiger partial charge in [-0.15, -0.1) is 12.4 Å². The highest BCUT2D eigenvalue weighted by molar-refractivity contribution is 6.30. The van der Waals surface area contributed by atoms with E-state index < -0.39 is 0 Å². The summed E-state index contributed by atoms with van der Waals surface area (Å²) >= 11 is 5.99. The van der Waals surface area contributed by atoms with Crippen molar-refractivity contribution in [1.29, 1.82) is 0 Å². The van der Waals surface area contributed by atoms with Crippen molar-refractivity contribution < 1.29 is 4.74 Å². The Labute approximate surface area is 125 Å². The van der Waals surface area contributed by atoms with E-state index in [0.29, 0.717) is 0 Å². The van der Waals surface area contributed by atoms with Crippen molar-refractivity contribution in [2.24, 2.45) is 0 Å². The highest BCUT2D eigenvalue weighted by atomic mass is 35.5. The van der Waals surface area contributed by atoms with Crippen LogP contribution in [-0.2, 0) is 13.1 Å². The summed E-state index contributed by atoms with van der Waals surface area (Å²) in [5, 5.41) is 4.11. The molecule has 0 aromatic heterocycles. The minimum absolute atomic E-state index is 0. The summed E-state index contributed by atoms with van der Waals surface area (Å²) in [7, 11) is 1.67. The van der Waals surface area contributed by atoms with Crippen LogP contribution in [0.5, 0.6) is 5.75 Å². The monoisotopic (exact) mass is 297 g/mol. The van der Waals surface area contributed by atoms with Gasteiger partial charge in [-0.1, -0.05) is 41.9 Å². The fourth-order valence-electron chi connectivity index (χ4n) is 1.82. The van der Waals surface area contributed by atoms with Gasteiger partial charge in [-0.3, -0.25) is 0 Å². The van der Waals surface area contributed by atoms with Crippen molar-refractivity contribution >= 4 is 24.0 Å². The minimum Gasteiger partial charge on any atom is -0.496 e. The molecule has 2 aromatic carbocycles. The molecule has 0 aliphatic carbocycles. The average Bonchev–Trinajstić information content (AvgIpc) is 2.40. The largest absolute Gasteiger partial charge is 0.496 e. The van der Waals surface area contributed by atoms with E-state index in [1.54, 1.807) is 7.11 Å². The topological polar surface area (TPSA) is 21.3 Å². The number of hydrogen-bond donors (Lipinski definition) is 1. The summed E-state index contributed by atoms with van der Waals surface area (Å²) < 4.78 is 5.30. The molecule has 0 unspecified atom stereocenters. The molecule has 2 nitrogen and oxygen atoms in total. The predicted octanol–water partition coefficient (Wildman–Crippen LogP) is 4.06. The smallest absolute Gasteiger partial charge is 0.123 e. The molecule has 0 fully saturated rings. The lowest BCUT2D eigenvalue weighted by molar-refractivity contribution is 0.407. The molecule has 0 heterocycles. The van der Waals surface area contributed by atoms with E-state index in [0.717, 1.165) is 29.4 Å². The molecule has 0 amide bonds. The molecule has 1 N–H and O–H groups in total. The van der Waals surface area contributed by atoms with Crippen molar-refractivity contribution in [1.82, 2.24) is 5.32 Å². The van der Waals surface area contributed by atoms with Gasteiger partial charge in [-0.2, -0.15) is 0 Å². The van der Waals surface area contributed by atoms with E-state index in [2.05, 4.69) is 17.4 Å². The molecule has 19 heavy (non-hydrogen) atoms. The highest BCUT2D eigenvalue weighted by Crippen LogP contribution is 2.22. The number of hydrogen-bond acceptors (Lipinski definition) is 2. The summed E-state index contributed by atoms with van der Waals surface area (Å²) in [5.74, 6) is 0.861. The predicted molar refractivity (Wildman–Crippen MR) is 82.2 cm³/mol. The standard InChI is InChI=1S/C15H16ClNO.ClH/c1-18-15-8-7-14(16)9-13(15)11-17-10-12-5-3-2-4-6-12;/h2-9,17H,10-11H2,1H3;1H. The van der Waals surface area contributed by atoms with E-state index in [4.69, 9.17) is 16.3 Å². The van der Waals surface area contributed by atoms with Gasteiger partial charge < -0.3 is 10.1 Å². The quantitative estimate of drug-likeness (QED) is 0.898. The van der Waals surface area contributed by atoms with Crippen molar-refractivity contribution in [2.75, 3.05) is 7.11 Å². The van der Waals surface area contributed by atoms with Crippen LogP contribution in [0.1, 0.15) is 11.1 Å². The van der Waals surface area contributed by atoms with Crippen LogP contribution < -0.4 is 10.1 Å². The fraction of sp³-hybridized carbons (Fsp3) is 0.200. The maximum Gasteiger partial charge on any atom is 0.123 e. The first-order valence-electron chi connectivity index (χ1n) is 5.86. The third kappa shape index (κ3) is 4.75. The van der Waals surface area contributed by atoms with E-state index in [1.165, 1.54) is 5.56 Å². The van der Waals surface area contributed by atoms with Crippen molar-refractivity contribution in [3.8, 4) is 5.75 Å². The zero-order chi connectivity index (χ0) is 12.8. The number of rotatable bonds is 5. The Kier molecular flexibility index (Phi) is 6.71. The van der Waals surface area contributed by atoms with Gasteiger partial charge in [0.15, 0.2) is 0 Å². The Morgan fingerprint density at radius 3 is 2.47 bits per heavy atom. The molecular weight excluding hydrogens is 281 g/mol. The van der Waals surface area contributed by atoms with Crippen LogP contribution in [0.25, 0.3) is 0 Å². The van der Waals surface area contributed by atoms with Crippen LogP contribution in [0.3, 0.4) is 0 Å². The minimum atomic E-state index is 0. The van der Waals surface area contributed by atoms with E-state index >= 15 is 0 Å². The van der Waals surface area contributed by atoms with Crippen molar-refractivity contribution in [2.45, 2.75) is 13.1 Å². The normalized spacial score (nSPS) is 9.79. The fourth-order valence-corrected chi connectivity index (χ4v) is 2.02. The van der Waals surface area contributed by atoms with E-state index in [9.17, 15) is 0 Å². The lowest BCUT2D eigenvalue weighted by atomic mass is 10.2. The first kappa shape index (κ1) is 15.8. The van der Waals surface area contributed by atoms with Crippen molar-refractivity contribution in [3.63, 3.8) is 0 Å². The Morgan fingerprint density at radius 2 is 1.79 bits per heavy atom. The highest BCUT2D eigenvalue weighted by Gasteiger charge is 2.03. The molecule has 0 aliphatic rings. The van der Waals surface area contributed by atoms with Gasteiger partial charge in [0.1, 0.15) is 5.75 Å². The van der Waals surface area contributed by atoms with Crippen molar-refractivity contribution in [3.05, 3.63) is 64.7 Å². The average molecular weight is 298 g/mol. The van der Waals surface area contributed by atoms with Crippen LogP contribution >= 0.6 is 24.0 Å². The summed E-state index contributed by atoms with van der Waals surface area (Å²) in [5.41, 5.74) is 2.33. The second-order valence-corrected chi connectivity index (χ2v) is 4.48. The van der Waals surface area contributed by atoms with Crippen LogP contribution in [-0.4, -0.2) is 7.11 Å². The lowest BCUT2D eigenvalue weighted by Crippen LogP contribution is -2.13. The third-order valence-electron chi connectivity index (χ3n) is 2.73. The van der Waals surface area contributed by atoms with Gasteiger partial charge in [-0.05, 0) is 23.8 Å². The third-order valence-corrected chi connectivity index (χ3v) is 2.96. The van der Waals surface area contributed by atoms with Crippen LogP contribution in [0.15, 0.2) is 48.5 Å². The molecule has 0 saturated carbocycles. The van der Waals surface area contributed by atoms with Crippen LogP contribution in [0, 0.1) is 0 Å². The molecule has 2 aromatic rings. The van der Waals surface area contributed by atoms with E-state index in [1.807, 2.05) is 36.4 Å². The zero-order valence-corrected chi connectivity index (χ0v) is 12.3. The molecule has 102 valence electrons. The van der Waals surface area contributed by atoms with E-state index in [-0.39, 0.29) is 12.4 Å². The molecular formula is C15H17Cl2NO. The Morgan fingerprint density at radius 1 is 1.05 bits per heavy atom. The summed E-state index contributed by atoms with van der Waals surface area (Å²) in [6, 6.07) is 15.9. The molecule has 0 atom stereocenters. The number of nitrogens with one attached hydrogen (secondary N) is 1. The number of halogens is 2. The first-order valence-corrected chi connectivity index (χ1v) is 6.24. The molecule has 2 rings (SSSR count). The Bertz CT molecular complexity index is 503. The zero-order valence-electron chi connectivity index (χ0n) is 10.7. The summed E-state index contributed by atoms with van der Waals surface area (Å²) in [6.45, 7) is 1.56. The lowest BCUT2D eigenvalue weighted by Gasteiger charge is -2.10. The molecule has 0 saturated heterocycles. The molecule has 0 spiro atoms. The Balaban J connectivity index is 0.00000180. The number of benzene rings is 2. The van der Waals surface area contributed by atoms with Gasteiger partial charge in [0.2, 0.25) is 0 Å². The molecule has 0 radical (unpaired) electrons. The molecule has 0 bridgehead atoms. The second-order valence-electron chi connectivity index (χ2n) is 4.05. The van der Waals surface area contributed by atoms with Crippen LogP contribution in [0.4, 0.5) is 0 Å². The Hall–Kier alpha value is -1.22. The number of ether oxygens (including phenoxy) is 1. The van der Waals surface area contributed by atoms with Crippen LogP contribution in [0.2, 0.25) is 5.02 Å². The van der Waals surface area contributed by atoms with Gasteiger partial charge in [0, 0.05) is 23.7 Å². The van der Waals surface area contributed by atoms with Gasteiger partial charge in [0.05, 0.1) is 7.11 Å². The first-order chi connectivity index (χ1) is 8.79. The van der Waals surface area contributed by atoms with Gasteiger partial charge in [-0.25, -0.2) is 0 Å². The van der Waals surface area contributed by atoms with Gasteiger partial charge in [0.25, 0.3) is 0 Å². The summed E-state index contributed by atoms with van der Waals surface area (Å²) in [6.07, 6.45) is 0. The SMILES string of the molecule is COc1ccc(Cl)cc1CNCc1ccccc1.Cl. The van der Waals surface area contributed by atoms with Gasteiger partial charge >= 0.3 is 0 Å². The number of methoxy groups -OCH3 is 1. The maximum absolute atomic E-state index is 5.99. The molecule has 4 heteroatoms.